The Morgan fingerprint density at radius 1 is 1.11 bits per heavy atom. The van der Waals surface area contributed by atoms with Gasteiger partial charge in [0.2, 0.25) is 5.95 Å². The van der Waals surface area contributed by atoms with E-state index in [2.05, 4.69) is 9.97 Å². The summed E-state index contributed by atoms with van der Waals surface area (Å²) in [6.45, 7) is 0.686. The molecule has 3 rings (SSSR count). The number of rotatable bonds is 1. The molecule has 1 aromatic heterocycles. The van der Waals surface area contributed by atoms with Gasteiger partial charge >= 0.3 is 0 Å². The zero-order chi connectivity index (χ0) is 12.8. The van der Waals surface area contributed by atoms with Gasteiger partial charge in [-0.3, -0.25) is 0 Å². The molecule has 0 aromatic carbocycles. The molecular weight excluding hydrogens is 238 g/mol. The van der Waals surface area contributed by atoms with Gasteiger partial charge in [0, 0.05) is 31.5 Å². The number of aryl methyl sites for hydroxylation is 1. The van der Waals surface area contributed by atoms with E-state index in [1.165, 1.54) is 0 Å². The molecule has 2 heterocycles. The zero-order valence-corrected chi connectivity index (χ0v) is 10.1. The van der Waals surface area contributed by atoms with Gasteiger partial charge in [0.1, 0.15) is 5.82 Å². The summed E-state index contributed by atoms with van der Waals surface area (Å²) in [6.07, 6.45) is 2.68. The summed E-state index contributed by atoms with van der Waals surface area (Å²) in [5, 5.41) is 0. The number of hydrogen-bond donors (Lipinski definition) is 1. The maximum Gasteiger partial charge on any atom is 0.251 e. The number of alkyl halides is 2. The molecule has 1 aliphatic carbocycles. The van der Waals surface area contributed by atoms with Gasteiger partial charge in [-0.15, -0.1) is 0 Å². The lowest BCUT2D eigenvalue weighted by Crippen LogP contribution is -2.40. The number of nitrogens with two attached hydrogens (primary N) is 1. The number of nitrogens with zero attached hydrogens (tertiary/aromatic N) is 3. The molecule has 6 heteroatoms. The first-order valence-electron chi connectivity index (χ1n) is 6.33. The van der Waals surface area contributed by atoms with Crippen molar-refractivity contribution < 1.29 is 8.78 Å². The molecule has 18 heavy (non-hydrogen) atoms. The lowest BCUT2D eigenvalue weighted by Gasteiger charge is -2.33. The molecule has 1 aromatic rings. The van der Waals surface area contributed by atoms with Crippen LogP contribution in [0, 0.1) is 0 Å². The predicted molar refractivity (Wildman–Crippen MR) is 64.9 cm³/mol. The summed E-state index contributed by atoms with van der Waals surface area (Å²) < 4.78 is 26.3. The molecule has 98 valence electrons. The molecule has 0 amide bonds. The van der Waals surface area contributed by atoms with E-state index in [0.29, 0.717) is 13.1 Å². The average Bonchev–Trinajstić information content (AvgIpc) is 2.76. The van der Waals surface area contributed by atoms with Crippen LogP contribution in [0.5, 0.6) is 0 Å². The predicted octanol–water partition coefficient (Wildman–Crippen LogP) is 1.78. The molecule has 1 aliphatic heterocycles. The third kappa shape index (κ3) is 2.00. The van der Waals surface area contributed by atoms with Crippen molar-refractivity contribution in [3.8, 4) is 0 Å². The van der Waals surface area contributed by atoms with Crippen molar-refractivity contribution in [1.82, 2.24) is 9.97 Å². The summed E-state index contributed by atoms with van der Waals surface area (Å²) in [4.78, 5) is 10.4. The minimum atomic E-state index is -2.53. The molecule has 2 aliphatic rings. The smallest absolute Gasteiger partial charge is 0.251 e. The van der Waals surface area contributed by atoms with E-state index in [1.54, 1.807) is 0 Å². The van der Waals surface area contributed by atoms with Crippen molar-refractivity contribution in [2.45, 2.75) is 38.0 Å². The van der Waals surface area contributed by atoms with Gasteiger partial charge in [0.15, 0.2) is 0 Å². The van der Waals surface area contributed by atoms with Gasteiger partial charge in [-0.05, 0) is 19.3 Å². The number of halogens is 2. The highest BCUT2D eigenvalue weighted by Crippen LogP contribution is 2.34. The fraction of sp³-hybridized carbons (Fsp3) is 0.667. The Hall–Kier alpha value is -1.46. The van der Waals surface area contributed by atoms with Gasteiger partial charge in [-0.25, -0.2) is 13.8 Å². The summed E-state index contributed by atoms with van der Waals surface area (Å²) in [7, 11) is 0. The highest BCUT2D eigenvalue weighted by molar-refractivity contribution is 5.54. The molecule has 4 nitrogen and oxygen atoms in total. The van der Waals surface area contributed by atoms with Crippen LogP contribution in [0.4, 0.5) is 20.5 Å². The second-order valence-corrected chi connectivity index (χ2v) is 5.03. The Morgan fingerprint density at radius 3 is 2.56 bits per heavy atom. The minimum Gasteiger partial charge on any atom is -0.368 e. The molecule has 0 bridgehead atoms. The van der Waals surface area contributed by atoms with Crippen molar-refractivity contribution >= 4 is 11.8 Å². The number of aromatic nitrogens is 2. The van der Waals surface area contributed by atoms with Crippen LogP contribution in [0.15, 0.2) is 0 Å². The molecule has 1 saturated heterocycles. The van der Waals surface area contributed by atoms with Crippen LogP contribution in [0.3, 0.4) is 0 Å². The van der Waals surface area contributed by atoms with Crippen LogP contribution in [-0.2, 0) is 12.8 Å². The van der Waals surface area contributed by atoms with E-state index < -0.39 is 5.92 Å². The first-order valence-corrected chi connectivity index (χ1v) is 6.33. The van der Waals surface area contributed by atoms with Crippen LogP contribution < -0.4 is 10.6 Å². The van der Waals surface area contributed by atoms with Crippen molar-refractivity contribution in [2.75, 3.05) is 23.7 Å². The van der Waals surface area contributed by atoms with Gasteiger partial charge in [-0.2, -0.15) is 4.98 Å². The van der Waals surface area contributed by atoms with Crippen LogP contribution in [0.2, 0.25) is 0 Å². The van der Waals surface area contributed by atoms with Crippen molar-refractivity contribution in [3.63, 3.8) is 0 Å². The number of hydrogen-bond acceptors (Lipinski definition) is 4. The Kier molecular flexibility index (Phi) is 2.60. The van der Waals surface area contributed by atoms with E-state index in [4.69, 9.17) is 5.73 Å². The molecule has 0 unspecified atom stereocenters. The fourth-order valence-electron chi connectivity index (χ4n) is 2.74. The topological polar surface area (TPSA) is 55.0 Å². The van der Waals surface area contributed by atoms with Crippen molar-refractivity contribution in [1.29, 1.82) is 0 Å². The maximum absolute atomic E-state index is 13.2. The molecule has 2 N–H and O–H groups in total. The monoisotopic (exact) mass is 254 g/mol. The van der Waals surface area contributed by atoms with Gasteiger partial charge < -0.3 is 10.6 Å². The third-order valence-corrected chi connectivity index (χ3v) is 3.72. The Labute approximate surface area is 104 Å². The largest absolute Gasteiger partial charge is 0.368 e. The molecule has 1 fully saturated rings. The van der Waals surface area contributed by atoms with Crippen LogP contribution in [0.1, 0.15) is 30.5 Å². The lowest BCUT2D eigenvalue weighted by molar-refractivity contribution is -0.0221. The van der Waals surface area contributed by atoms with Gasteiger partial charge in [0.05, 0.1) is 5.69 Å². The Morgan fingerprint density at radius 2 is 1.83 bits per heavy atom. The van der Waals surface area contributed by atoms with Crippen LogP contribution in [-0.4, -0.2) is 29.0 Å². The summed E-state index contributed by atoms with van der Waals surface area (Å²) in [5.41, 5.74) is 7.80. The van der Waals surface area contributed by atoms with Crippen LogP contribution >= 0.6 is 0 Å². The quantitative estimate of drug-likeness (QED) is 0.830. The molecule has 0 spiro atoms. The van der Waals surface area contributed by atoms with Crippen molar-refractivity contribution in [3.05, 3.63) is 11.3 Å². The van der Waals surface area contributed by atoms with Crippen LogP contribution in [0.25, 0.3) is 0 Å². The van der Waals surface area contributed by atoms with Crippen molar-refractivity contribution in [2.24, 2.45) is 0 Å². The summed E-state index contributed by atoms with van der Waals surface area (Å²) in [5.74, 6) is -1.49. The van der Waals surface area contributed by atoms with Gasteiger partial charge in [-0.1, -0.05) is 0 Å². The van der Waals surface area contributed by atoms with E-state index >= 15 is 0 Å². The SMILES string of the molecule is Nc1nc2c(c(N3CCC(F)(F)CC3)n1)CCC2. The fourth-order valence-corrected chi connectivity index (χ4v) is 2.74. The highest BCUT2D eigenvalue weighted by atomic mass is 19.3. The number of anilines is 2. The zero-order valence-electron chi connectivity index (χ0n) is 10.1. The lowest BCUT2D eigenvalue weighted by atomic mass is 10.1. The van der Waals surface area contributed by atoms with E-state index in [9.17, 15) is 8.78 Å². The second-order valence-electron chi connectivity index (χ2n) is 5.03. The third-order valence-electron chi connectivity index (χ3n) is 3.72. The van der Waals surface area contributed by atoms with E-state index in [1.807, 2.05) is 4.90 Å². The Bertz CT molecular complexity index is 465. The maximum atomic E-state index is 13.2. The highest BCUT2D eigenvalue weighted by Gasteiger charge is 2.35. The first-order chi connectivity index (χ1) is 8.55. The summed E-state index contributed by atoms with van der Waals surface area (Å²) in [6, 6.07) is 0. The molecule has 0 radical (unpaired) electrons. The van der Waals surface area contributed by atoms with E-state index in [-0.39, 0.29) is 18.8 Å². The van der Waals surface area contributed by atoms with Gasteiger partial charge in [0.25, 0.3) is 5.92 Å². The number of piperidine rings is 1. The number of nitrogen functional groups attached to an aromatic ring is 1. The molecule has 0 saturated carbocycles. The van der Waals surface area contributed by atoms with E-state index in [0.717, 1.165) is 36.3 Å². The molecular formula is C12H16F2N4. The Balaban J connectivity index is 1.89. The second kappa shape index (κ2) is 4.03. The molecule has 0 atom stereocenters. The first kappa shape index (κ1) is 11.6. The average molecular weight is 254 g/mol. The normalized spacial score (nSPS) is 22.0. The number of fused-ring (bicyclic) bond motifs is 1. The minimum absolute atomic E-state index is 0.105. The summed E-state index contributed by atoms with van der Waals surface area (Å²) >= 11 is 0. The standard InChI is InChI=1S/C12H16F2N4/c13-12(14)4-6-18(7-5-12)10-8-2-1-3-9(8)16-11(15)17-10/h1-7H2,(H2,15,16,17).